The van der Waals surface area contributed by atoms with Crippen molar-refractivity contribution in [2.45, 2.75) is 51.1 Å². The molecule has 28 heavy (non-hydrogen) atoms. The summed E-state index contributed by atoms with van der Waals surface area (Å²) in [5.41, 5.74) is 2.23. The average molecular weight is 379 g/mol. The van der Waals surface area contributed by atoms with Crippen LogP contribution in [-0.4, -0.2) is 44.4 Å². The molecular weight excluding hydrogens is 358 g/mol. The van der Waals surface area contributed by atoms with Gasteiger partial charge in [-0.3, -0.25) is 4.79 Å². The summed E-state index contributed by atoms with van der Waals surface area (Å²) < 4.78 is 20.4. The Morgan fingerprint density at radius 2 is 1.82 bits per heavy atom. The third-order valence-electron chi connectivity index (χ3n) is 5.33. The second kappa shape index (κ2) is 6.20. The van der Waals surface area contributed by atoms with Gasteiger partial charge in [-0.25, -0.2) is 9.97 Å². The van der Waals surface area contributed by atoms with E-state index in [0.29, 0.717) is 5.56 Å². The highest BCUT2D eigenvalue weighted by molar-refractivity contribution is 6.00. The largest absolute Gasteiger partial charge is 0.341 e. The lowest BCUT2D eigenvalue weighted by molar-refractivity contribution is -0.190. The van der Waals surface area contributed by atoms with E-state index in [-0.39, 0.29) is 5.78 Å². The van der Waals surface area contributed by atoms with Crippen LogP contribution < -0.4 is 0 Å². The highest BCUT2D eigenvalue weighted by Gasteiger charge is 2.58. The van der Waals surface area contributed by atoms with E-state index in [9.17, 15) is 4.79 Å². The van der Waals surface area contributed by atoms with Gasteiger partial charge in [0, 0.05) is 17.1 Å². The molecule has 0 N–H and O–H groups in total. The van der Waals surface area contributed by atoms with Crippen LogP contribution in [0.1, 0.15) is 36.1 Å². The van der Waals surface area contributed by atoms with Crippen molar-refractivity contribution in [2.75, 3.05) is 0 Å². The fraction of sp³-hybridized carbons (Fsp3) is 0.381. The van der Waals surface area contributed by atoms with Gasteiger partial charge < -0.3 is 18.8 Å². The Balaban J connectivity index is 1.56. The lowest BCUT2D eigenvalue weighted by atomic mass is 10.0. The maximum Gasteiger partial charge on any atom is 0.194 e. The number of rotatable bonds is 3. The Kier molecular flexibility index (Phi) is 3.87. The number of aryl methyl sites for hydroxylation is 1. The second-order valence-electron chi connectivity index (χ2n) is 7.66. The molecule has 7 nitrogen and oxygen atoms in total. The summed E-state index contributed by atoms with van der Waals surface area (Å²) in [5, 5.41) is 0.943. The number of carbonyl (C=O) groups is 1. The first-order valence-electron chi connectivity index (χ1n) is 9.33. The first kappa shape index (κ1) is 17.5. The third-order valence-corrected chi connectivity index (χ3v) is 5.33. The molecule has 2 fully saturated rings. The Morgan fingerprint density at radius 3 is 2.61 bits per heavy atom. The molecule has 0 aliphatic carbocycles. The van der Waals surface area contributed by atoms with Crippen molar-refractivity contribution in [3.05, 3.63) is 60.2 Å². The van der Waals surface area contributed by atoms with Crippen LogP contribution in [0.4, 0.5) is 0 Å². The maximum atomic E-state index is 13.1. The molecule has 5 rings (SSSR count). The van der Waals surface area contributed by atoms with Crippen molar-refractivity contribution < 1.29 is 19.0 Å². The van der Waals surface area contributed by atoms with Crippen molar-refractivity contribution in [3.8, 4) is 0 Å². The molecule has 0 saturated carbocycles. The number of hydrogen-bond donors (Lipinski definition) is 0. The number of Topliss-reactive ketones (excluding diaryl/α,β-unsaturated/α-hetero) is 1. The minimum atomic E-state index is -0.791. The molecule has 2 aliphatic heterocycles. The fourth-order valence-electron chi connectivity index (χ4n) is 4.08. The molecular formula is C21H21N3O4. The smallest absolute Gasteiger partial charge is 0.194 e. The summed E-state index contributed by atoms with van der Waals surface area (Å²) in [5.74, 6) is -0.901. The number of aromatic nitrogens is 3. The molecule has 4 atom stereocenters. The summed E-state index contributed by atoms with van der Waals surface area (Å²) in [4.78, 5) is 21.8. The van der Waals surface area contributed by atoms with Crippen molar-refractivity contribution >= 4 is 16.8 Å². The van der Waals surface area contributed by atoms with Crippen LogP contribution in [0.15, 0.2) is 48.9 Å². The minimum Gasteiger partial charge on any atom is -0.341 e. The van der Waals surface area contributed by atoms with Crippen LogP contribution in [0.3, 0.4) is 0 Å². The van der Waals surface area contributed by atoms with Gasteiger partial charge in [0.1, 0.15) is 24.2 Å². The first-order chi connectivity index (χ1) is 13.4. The van der Waals surface area contributed by atoms with Gasteiger partial charge in [-0.05, 0) is 26.8 Å². The lowest BCUT2D eigenvalue weighted by Crippen LogP contribution is -2.35. The molecule has 4 heterocycles. The highest BCUT2D eigenvalue weighted by Crippen LogP contribution is 2.44. The van der Waals surface area contributed by atoms with Gasteiger partial charge >= 0.3 is 0 Å². The predicted octanol–water partition coefficient (Wildman–Crippen LogP) is 3.04. The van der Waals surface area contributed by atoms with Crippen molar-refractivity contribution in [2.24, 2.45) is 0 Å². The van der Waals surface area contributed by atoms with Gasteiger partial charge in [-0.2, -0.15) is 0 Å². The fourth-order valence-corrected chi connectivity index (χ4v) is 4.08. The SMILES string of the molecule is Cc1ncnc2c1ccn2[C@@H]1O[C@H](C(=O)c2ccccc2)[C@H]2OC(C)(C)O[C@H]21. The van der Waals surface area contributed by atoms with Gasteiger partial charge in [0.2, 0.25) is 0 Å². The quantitative estimate of drug-likeness (QED) is 0.651. The maximum absolute atomic E-state index is 13.1. The van der Waals surface area contributed by atoms with Gasteiger partial charge in [0.05, 0.1) is 5.69 Å². The van der Waals surface area contributed by atoms with E-state index < -0.39 is 30.3 Å². The molecule has 0 radical (unpaired) electrons. The van der Waals surface area contributed by atoms with Crippen LogP contribution in [0.5, 0.6) is 0 Å². The zero-order valence-electron chi connectivity index (χ0n) is 15.9. The van der Waals surface area contributed by atoms with Crippen LogP contribution in [-0.2, 0) is 14.2 Å². The molecule has 3 aromatic rings. The predicted molar refractivity (Wildman–Crippen MR) is 101 cm³/mol. The van der Waals surface area contributed by atoms with E-state index >= 15 is 0 Å². The summed E-state index contributed by atoms with van der Waals surface area (Å²) >= 11 is 0. The zero-order chi connectivity index (χ0) is 19.5. The number of hydrogen-bond acceptors (Lipinski definition) is 6. The summed E-state index contributed by atoms with van der Waals surface area (Å²) in [7, 11) is 0. The van der Waals surface area contributed by atoms with Crippen molar-refractivity contribution in [3.63, 3.8) is 0 Å². The normalized spacial score (nSPS) is 28.5. The van der Waals surface area contributed by atoms with E-state index in [2.05, 4.69) is 9.97 Å². The van der Waals surface area contributed by atoms with Crippen molar-refractivity contribution in [1.82, 2.24) is 14.5 Å². The number of carbonyl (C=O) groups excluding carboxylic acids is 1. The van der Waals surface area contributed by atoms with E-state index in [0.717, 1.165) is 16.7 Å². The number of fused-ring (bicyclic) bond motifs is 2. The Hall–Kier alpha value is -2.61. The Morgan fingerprint density at radius 1 is 1.07 bits per heavy atom. The van der Waals surface area contributed by atoms with E-state index in [1.807, 2.05) is 55.8 Å². The van der Waals surface area contributed by atoms with Crippen LogP contribution in [0, 0.1) is 6.92 Å². The van der Waals surface area contributed by atoms with Crippen LogP contribution in [0.2, 0.25) is 0 Å². The standard InChI is InChI=1S/C21H21N3O4/c1-12-14-9-10-24(19(14)23-11-22-12)20-18-17(27-21(2,3)28-18)16(26-20)15(25)13-7-5-4-6-8-13/h4-11,16-18,20H,1-3H3/t16-,17-,18-,20-/m1/s1. The monoisotopic (exact) mass is 379 g/mol. The summed E-state index contributed by atoms with van der Waals surface area (Å²) in [6.45, 7) is 5.64. The molecule has 144 valence electrons. The number of ether oxygens (including phenoxy) is 3. The number of ketones is 1. The van der Waals surface area contributed by atoms with E-state index in [1.165, 1.54) is 6.33 Å². The van der Waals surface area contributed by atoms with Crippen LogP contribution in [0.25, 0.3) is 11.0 Å². The molecule has 1 aromatic carbocycles. The Bertz CT molecular complexity index is 1050. The van der Waals surface area contributed by atoms with Crippen molar-refractivity contribution in [1.29, 1.82) is 0 Å². The van der Waals surface area contributed by atoms with Gasteiger partial charge in [-0.1, -0.05) is 30.3 Å². The third kappa shape index (κ3) is 2.66. The van der Waals surface area contributed by atoms with Crippen LogP contribution >= 0.6 is 0 Å². The zero-order valence-corrected chi connectivity index (χ0v) is 15.9. The molecule has 2 aliphatic rings. The molecule has 2 saturated heterocycles. The average Bonchev–Trinajstić information content (AvgIpc) is 3.33. The molecule has 7 heteroatoms. The summed E-state index contributed by atoms with van der Waals surface area (Å²) in [6.07, 6.45) is 1.25. The molecule has 0 bridgehead atoms. The topological polar surface area (TPSA) is 75.5 Å². The second-order valence-corrected chi connectivity index (χ2v) is 7.66. The number of nitrogens with zero attached hydrogens (tertiary/aromatic N) is 3. The van der Waals surface area contributed by atoms with Gasteiger partial charge in [0.25, 0.3) is 0 Å². The molecule has 0 unspecified atom stereocenters. The van der Waals surface area contributed by atoms with E-state index in [4.69, 9.17) is 14.2 Å². The molecule has 0 spiro atoms. The minimum absolute atomic E-state index is 0.110. The van der Waals surface area contributed by atoms with E-state index in [1.54, 1.807) is 12.1 Å². The van der Waals surface area contributed by atoms with Gasteiger partial charge in [-0.15, -0.1) is 0 Å². The molecule has 0 amide bonds. The first-order valence-corrected chi connectivity index (χ1v) is 9.33. The summed E-state index contributed by atoms with van der Waals surface area (Å²) in [6, 6.07) is 11.1. The number of benzene rings is 1. The Labute approximate surface area is 162 Å². The highest BCUT2D eigenvalue weighted by atomic mass is 16.8. The lowest BCUT2D eigenvalue weighted by Gasteiger charge is -2.24. The van der Waals surface area contributed by atoms with Gasteiger partial charge in [0.15, 0.2) is 23.9 Å². The molecule has 2 aromatic heterocycles.